The number of hydrogen-bond acceptors (Lipinski definition) is 3. The highest BCUT2D eigenvalue weighted by Crippen LogP contribution is 2.24. The van der Waals surface area contributed by atoms with Gasteiger partial charge in [-0.3, -0.25) is 0 Å². The van der Waals surface area contributed by atoms with E-state index in [4.69, 9.17) is 16.3 Å². The molecule has 1 aliphatic heterocycles. The van der Waals surface area contributed by atoms with Crippen LogP contribution < -0.4 is 5.46 Å². The predicted octanol–water partition coefficient (Wildman–Crippen LogP) is 1.72. The molecular weight excluding hydrogens is 282 g/mol. The van der Waals surface area contributed by atoms with Crippen LogP contribution >= 0.6 is 11.6 Å². The van der Waals surface area contributed by atoms with Crippen LogP contribution in [0.15, 0.2) is 52.3 Å². The second-order valence-electron chi connectivity index (χ2n) is 4.25. The molecular formula is C13H10BClO3S. The van der Waals surface area contributed by atoms with Crippen LogP contribution in [0.5, 0.6) is 0 Å². The Balaban J connectivity index is 1.96. The molecule has 1 N–H and O–H groups in total. The summed E-state index contributed by atoms with van der Waals surface area (Å²) in [4.78, 5) is 1.27. The highest BCUT2D eigenvalue weighted by atomic mass is 35.5. The lowest BCUT2D eigenvalue weighted by molar-refractivity contribution is 0.275. The van der Waals surface area contributed by atoms with Crippen molar-refractivity contribution in [1.29, 1.82) is 0 Å². The van der Waals surface area contributed by atoms with Gasteiger partial charge < -0.3 is 14.2 Å². The van der Waals surface area contributed by atoms with Crippen molar-refractivity contribution in [2.75, 3.05) is 0 Å². The zero-order valence-corrected chi connectivity index (χ0v) is 11.4. The van der Waals surface area contributed by atoms with Crippen LogP contribution in [0.4, 0.5) is 0 Å². The molecule has 19 heavy (non-hydrogen) atoms. The van der Waals surface area contributed by atoms with Crippen molar-refractivity contribution in [3.63, 3.8) is 0 Å². The van der Waals surface area contributed by atoms with E-state index in [-0.39, 0.29) is 0 Å². The van der Waals surface area contributed by atoms with Crippen molar-refractivity contribution < 1.29 is 14.2 Å². The lowest BCUT2D eigenvalue weighted by Gasteiger charge is -2.11. The Bertz CT molecular complexity index is 623. The standard InChI is InChI=1S/C13H10BClO3S/c15-10-2-1-3-11(6-10)19(17)12-5-4-9-8-18-14(16)13(9)7-12/h1-7,16H,8H2. The summed E-state index contributed by atoms with van der Waals surface area (Å²) in [7, 11) is -0.925. The van der Waals surface area contributed by atoms with Gasteiger partial charge >= 0.3 is 7.12 Å². The minimum atomic E-state index is -1.32. The molecule has 2 aromatic rings. The molecule has 0 fully saturated rings. The number of rotatable bonds is 2. The molecule has 1 unspecified atom stereocenters. The molecule has 0 saturated heterocycles. The third-order valence-corrected chi connectivity index (χ3v) is 4.60. The first-order valence-electron chi connectivity index (χ1n) is 5.75. The predicted molar refractivity (Wildman–Crippen MR) is 75.0 cm³/mol. The van der Waals surface area contributed by atoms with Crippen LogP contribution in [0, 0.1) is 0 Å². The molecule has 6 heteroatoms. The Morgan fingerprint density at radius 3 is 2.79 bits per heavy atom. The second-order valence-corrected chi connectivity index (χ2v) is 6.17. The van der Waals surface area contributed by atoms with E-state index in [1.807, 2.05) is 6.07 Å². The Morgan fingerprint density at radius 1 is 1.21 bits per heavy atom. The smallest absolute Gasteiger partial charge is 0.491 e. The number of fused-ring (bicyclic) bond motifs is 1. The summed E-state index contributed by atoms with van der Waals surface area (Å²) in [5.41, 5.74) is 1.62. The number of benzene rings is 2. The van der Waals surface area contributed by atoms with E-state index in [2.05, 4.69) is 0 Å². The summed E-state index contributed by atoms with van der Waals surface area (Å²) in [5.74, 6) is 0. The second kappa shape index (κ2) is 5.19. The first-order valence-corrected chi connectivity index (χ1v) is 7.28. The quantitative estimate of drug-likeness (QED) is 0.677. The highest BCUT2D eigenvalue weighted by molar-refractivity contribution is 7.91. The van der Waals surface area contributed by atoms with E-state index in [0.29, 0.717) is 26.9 Å². The molecule has 0 saturated carbocycles. The molecule has 0 radical (unpaired) electrons. The first kappa shape index (κ1) is 13.0. The van der Waals surface area contributed by atoms with Crippen molar-refractivity contribution in [2.45, 2.75) is 16.4 Å². The molecule has 3 rings (SSSR count). The Hall–Kier alpha value is -0.975. The van der Waals surface area contributed by atoms with Gasteiger partial charge in [0.1, 0.15) is 0 Å². The molecule has 0 amide bonds. The van der Waals surface area contributed by atoms with Crippen molar-refractivity contribution in [3.8, 4) is 0 Å². The van der Waals surface area contributed by atoms with E-state index in [1.54, 1.807) is 36.4 Å². The maximum absolute atomic E-state index is 12.4. The zero-order valence-electron chi connectivity index (χ0n) is 9.88. The van der Waals surface area contributed by atoms with Gasteiger partial charge in [0.05, 0.1) is 6.61 Å². The molecule has 1 atom stereocenters. The molecule has 0 aromatic heterocycles. The SMILES string of the molecule is [O-][S+](c1cccc(Cl)c1)c1ccc2c(c1)B(O)OC2. The highest BCUT2D eigenvalue weighted by Gasteiger charge is 2.29. The molecule has 1 aliphatic rings. The summed E-state index contributed by atoms with van der Waals surface area (Å²) in [6, 6.07) is 12.3. The topological polar surface area (TPSA) is 52.5 Å². The normalized spacial score (nSPS) is 15.4. The summed E-state index contributed by atoms with van der Waals surface area (Å²) >= 11 is 4.58. The number of halogens is 1. The van der Waals surface area contributed by atoms with Crippen molar-refractivity contribution >= 4 is 35.4 Å². The third kappa shape index (κ3) is 2.52. The fraction of sp³-hybridized carbons (Fsp3) is 0.0769. The van der Waals surface area contributed by atoms with E-state index < -0.39 is 18.3 Å². The maximum Gasteiger partial charge on any atom is 0.491 e. The van der Waals surface area contributed by atoms with Crippen LogP contribution in [0.25, 0.3) is 0 Å². The molecule has 0 spiro atoms. The van der Waals surface area contributed by atoms with E-state index in [9.17, 15) is 9.58 Å². The van der Waals surface area contributed by atoms with Crippen molar-refractivity contribution in [2.24, 2.45) is 0 Å². The minimum absolute atomic E-state index is 0.389. The summed E-state index contributed by atoms with van der Waals surface area (Å²) in [6.45, 7) is 0.389. The van der Waals surface area contributed by atoms with Gasteiger partial charge in [0.15, 0.2) is 9.79 Å². The van der Waals surface area contributed by atoms with Gasteiger partial charge in [0.25, 0.3) is 0 Å². The first-order chi connectivity index (χ1) is 9.15. The van der Waals surface area contributed by atoms with Gasteiger partial charge in [-0.2, -0.15) is 0 Å². The average molecular weight is 293 g/mol. The zero-order chi connectivity index (χ0) is 13.4. The van der Waals surface area contributed by atoms with Crippen LogP contribution in [-0.4, -0.2) is 16.7 Å². The molecule has 96 valence electrons. The summed E-state index contributed by atoms with van der Waals surface area (Å²) in [6.07, 6.45) is 0. The third-order valence-electron chi connectivity index (χ3n) is 3.00. The monoisotopic (exact) mass is 292 g/mol. The Kier molecular flexibility index (Phi) is 3.56. The van der Waals surface area contributed by atoms with Crippen LogP contribution in [0.3, 0.4) is 0 Å². The number of hydrogen-bond donors (Lipinski definition) is 1. The van der Waals surface area contributed by atoms with Crippen molar-refractivity contribution in [1.82, 2.24) is 0 Å². The fourth-order valence-electron chi connectivity index (χ4n) is 2.03. The summed E-state index contributed by atoms with van der Waals surface area (Å²) in [5, 5.41) is 10.2. The van der Waals surface area contributed by atoms with E-state index in [1.165, 1.54) is 0 Å². The van der Waals surface area contributed by atoms with E-state index in [0.717, 1.165) is 5.56 Å². The van der Waals surface area contributed by atoms with Crippen LogP contribution in [0.1, 0.15) is 5.56 Å². The lowest BCUT2D eigenvalue weighted by Crippen LogP contribution is -2.28. The molecule has 1 heterocycles. The Morgan fingerprint density at radius 2 is 2.00 bits per heavy atom. The molecule has 0 aliphatic carbocycles. The largest absolute Gasteiger partial charge is 0.606 e. The van der Waals surface area contributed by atoms with Crippen molar-refractivity contribution in [3.05, 3.63) is 53.1 Å². The lowest BCUT2D eigenvalue weighted by atomic mass is 9.80. The Labute approximate surface area is 119 Å². The molecule has 2 aromatic carbocycles. The molecule has 3 nitrogen and oxygen atoms in total. The van der Waals surface area contributed by atoms with Crippen LogP contribution in [-0.2, 0) is 22.4 Å². The van der Waals surface area contributed by atoms with Gasteiger partial charge in [-0.1, -0.05) is 23.7 Å². The van der Waals surface area contributed by atoms with Crippen LogP contribution in [0.2, 0.25) is 5.02 Å². The summed E-state index contributed by atoms with van der Waals surface area (Å²) < 4.78 is 17.6. The van der Waals surface area contributed by atoms with Gasteiger partial charge in [0, 0.05) is 22.3 Å². The molecule has 0 bridgehead atoms. The van der Waals surface area contributed by atoms with Gasteiger partial charge in [0.2, 0.25) is 0 Å². The fourth-order valence-corrected chi connectivity index (χ4v) is 3.42. The van der Waals surface area contributed by atoms with Gasteiger partial charge in [-0.25, -0.2) is 0 Å². The minimum Gasteiger partial charge on any atom is -0.606 e. The average Bonchev–Trinajstić information content (AvgIpc) is 2.79. The maximum atomic E-state index is 12.4. The van der Waals surface area contributed by atoms with Gasteiger partial charge in [-0.15, -0.1) is 0 Å². The van der Waals surface area contributed by atoms with E-state index >= 15 is 0 Å². The van der Waals surface area contributed by atoms with Gasteiger partial charge in [-0.05, 0) is 35.3 Å².